The molecule has 0 aromatic heterocycles. The lowest BCUT2D eigenvalue weighted by Gasteiger charge is -2.15. The molecule has 0 radical (unpaired) electrons. The van der Waals surface area contributed by atoms with Crippen molar-refractivity contribution in [1.82, 2.24) is 0 Å². The molecule has 158 valence electrons. The molecule has 0 saturated carbocycles. The van der Waals surface area contributed by atoms with Gasteiger partial charge in [0.05, 0.1) is 4.90 Å². The largest absolute Gasteiger partial charge is 0.294 e. The van der Waals surface area contributed by atoms with Crippen molar-refractivity contribution in [3.8, 4) is 22.3 Å². The third-order valence-electron chi connectivity index (χ3n) is 4.84. The van der Waals surface area contributed by atoms with Gasteiger partial charge in [-0.2, -0.15) is 8.42 Å². The first-order valence-electron chi connectivity index (χ1n) is 9.75. The first-order valence-corrected chi connectivity index (χ1v) is 11.6. The van der Waals surface area contributed by atoms with Gasteiger partial charge in [0, 0.05) is 10.5 Å². The molecule has 4 aromatic carbocycles. The molecule has 5 heteroatoms. The Labute approximate surface area is 189 Å². The van der Waals surface area contributed by atoms with Gasteiger partial charge in [0.15, 0.2) is 0 Å². The van der Waals surface area contributed by atoms with Gasteiger partial charge in [-0.3, -0.25) is 4.55 Å². The highest BCUT2D eigenvalue weighted by molar-refractivity contribution is 7.85. The molecule has 0 bridgehead atoms. The fourth-order valence-electron chi connectivity index (χ4n) is 3.28. The molecule has 4 rings (SSSR count). The predicted molar refractivity (Wildman–Crippen MR) is 130 cm³/mol. The van der Waals surface area contributed by atoms with E-state index in [4.69, 9.17) is 4.55 Å². The summed E-state index contributed by atoms with van der Waals surface area (Å²) < 4.78 is 29.6. The molecule has 0 heterocycles. The van der Waals surface area contributed by atoms with Crippen LogP contribution in [0, 0.1) is 13.8 Å². The number of thiol groups is 1. The fourth-order valence-corrected chi connectivity index (χ4v) is 4.08. The monoisotopic (exact) mass is 448 g/mol. The zero-order valence-electron chi connectivity index (χ0n) is 17.4. The van der Waals surface area contributed by atoms with Gasteiger partial charge in [-0.1, -0.05) is 84.4 Å². The summed E-state index contributed by atoms with van der Waals surface area (Å²) in [4.78, 5) is 0.948. The molecule has 0 aliphatic rings. The van der Waals surface area contributed by atoms with Gasteiger partial charge >= 0.3 is 0 Å². The molecular weight excluding hydrogens is 424 g/mol. The minimum atomic E-state index is -4.02. The topological polar surface area (TPSA) is 54.4 Å². The lowest BCUT2D eigenvalue weighted by atomic mass is 9.91. The van der Waals surface area contributed by atoms with Crippen molar-refractivity contribution >= 4 is 22.7 Å². The Balaban J connectivity index is 0.000000210. The Kier molecular flexibility index (Phi) is 7.33. The molecular formula is C26H24O3S2. The summed E-state index contributed by atoms with van der Waals surface area (Å²) in [6.45, 7) is 4.00. The van der Waals surface area contributed by atoms with Crippen LogP contribution in [0.15, 0.2) is 107 Å². The molecule has 0 unspecified atom stereocenters. The highest BCUT2D eigenvalue weighted by atomic mass is 32.2. The average Bonchev–Trinajstić information content (AvgIpc) is 2.76. The van der Waals surface area contributed by atoms with Gasteiger partial charge in [0.25, 0.3) is 10.1 Å². The van der Waals surface area contributed by atoms with Gasteiger partial charge in [-0.25, -0.2) is 0 Å². The lowest BCUT2D eigenvalue weighted by molar-refractivity contribution is 0.483. The van der Waals surface area contributed by atoms with Gasteiger partial charge in [0.1, 0.15) is 0 Å². The van der Waals surface area contributed by atoms with Crippen molar-refractivity contribution < 1.29 is 13.0 Å². The second-order valence-corrected chi connectivity index (χ2v) is 9.08. The van der Waals surface area contributed by atoms with Gasteiger partial charge in [0.2, 0.25) is 0 Å². The van der Waals surface area contributed by atoms with Crippen LogP contribution < -0.4 is 0 Å². The summed E-state index contributed by atoms with van der Waals surface area (Å²) in [5.74, 6) is 0. The smallest absolute Gasteiger partial charge is 0.282 e. The van der Waals surface area contributed by atoms with Crippen LogP contribution >= 0.6 is 12.6 Å². The van der Waals surface area contributed by atoms with Crippen LogP contribution in [-0.4, -0.2) is 13.0 Å². The van der Waals surface area contributed by atoms with E-state index < -0.39 is 10.1 Å². The Hall–Kier alpha value is -2.86. The highest BCUT2D eigenvalue weighted by Gasteiger charge is 2.13. The maximum atomic E-state index is 10.5. The number of hydrogen-bond acceptors (Lipinski definition) is 3. The van der Waals surface area contributed by atoms with Crippen LogP contribution in [0.1, 0.15) is 11.1 Å². The molecule has 0 aliphatic carbocycles. The molecule has 1 N–H and O–H groups in total. The summed E-state index contributed by atoms with van der Waals surface area (Å²) in [6, 6.07) is 31.2. The Bertz CT molecular complexity index is 1190. The molecule has 0 fully saturated rings. The minimum absolute atomic E-state index is 0.0666. The summed E-state index contributed by atoms with van der Waals surface area (Å²) in [5.41, 5.74) is 7.15. The summed E-state index contributed by atoms with van der Waals surface area (Å²) in [5, 5.41) is 0. The van der Waals surface area contributed by atoms with Gasteiger partial charge < -0.3 is 0 Å². The number of benzene rings is 4. The lowest BCUT2D eigenvalue weighted by Crippen LogP contribution is -1.96. The quantitative estimate of drug-likeness (QED) is 0.266. The molecule has 0 amide bonds. The van der Waals surface area contributed by atoms with E-state index in [1.54, 1.807) is 12.1 Å². The van der Waals surface area contributed by atoms with Crippen LogP contribution in [-0.2, 0) is 10.1 Å². The van der Waals surface area contributed by atoms with Crippen molar-refractivity contribution in [1.29, 1.82) is 0 Å². The average molecular weight is 449 g/mol. The molecule has 0 saturated heterocycles. The maximum Gasteiger partial charge on any atom is 0.294 e. The number of rotatable bonds is 3. The molecule has 0 aliphatic heterocycles. The van der Waals surface area contributed by atoms with E-state index >= 15 is 0 Å². The second-order valence-electron chi connectivity index (χ2n) is 7.17. The molecule has 0 atom stereocenters. The Morgan fingerprint density at radius 3 is 1.61 bits per heavy atom. The van der Waals surface area contributed by atoms with Crippen LogP contribution in [0.3, 0.4) is 0 Å². The molecule has 3 nitrogen and oxygen atoms in total. The van der Waals surface area contributed by atoms with Crippen LogP contribution in [0.2, 0.25) is 0 Å². The van der Waals surface area contributed by atoms with Crippen LogP contribution in [0.5, 0.6) is 0 Å². The third kappa shape index (κ3) is 5.85. The van der Waals surface area contributed by atoms with E-state index in [0.717, 1.165) is 10.5 Å². The number of hydrogen-bond donors (Lipinski definition) is 2. The van der Waals surface area contributed by atoms with Gasteiger partial charge in [-0.15, -0.1) is 12.6 Å². The SMILES string of the molecule is Cc1ccc(S(=O)(=O)O)cc1.Cc1ccc(S)c(-c2ccccc2)c1-c1ccccc1. The molecule has 4 aromatic rings. The van der Waals surface area contributed by atoms with Crippen molar-refractivity contribution in [3.05, 3.63) is 108 Å². The minimum Gasteiger partial charge on any atom is -0.282 e. The summed E-state index contributed by atoms with van der Waals surface area (Å²) >= 11 is 4.68. The Morgan fingerprint density at radius 1 is 0.645 bits per heavy atom. The van der Waals surface area contributed by atoms with Gasteiger partial charge in [-0.05, 0) is 54.3 Å². The van der Waals surface area contributed by atoms with Crippen molar-refractivity contribution in [2.24, 2.45) is 0 Å². The maximum absolute atomic E-state index is 10.5. The van der Waals surface area contributed by atoms with E-state index in [1.807, 2.05) is 19.1 Å². The van der Waals surface area contributed by atoms with Crippen LogP contribution in [0.25, 0.3) is 22.3 Å². The summed E-state index contributed by atoms with van der Waals surface area (Å²) in [6.07, 6.45) is 0. The number of aryl methyl sites for hydroxylation is 2. The van der Waals surface area contributed by atoms with E-state index in [0.29, 0.717) is 0 Å². The second kappa shape index (κ2) is 9.96. The first-order chi connectivity index (χ1) is 14.8. The van der Waals surface area contributed by atoms with E-state index in [-0.39, 0.29) is 4.90 Å². The van der Waals surface area contributed by atoms with Crippen molar-refractivity contribution in [3.63, 3.8) is 0 Å². The predicted octanol–water partition coefficient (Wildman–Crippen LogP) is 6.86. The fraction of sp³-hybridized carbons (Fsp3) is 0.0769. The zero-order chi connectivity index (χ0) is 22.4. The summed E-state index contributed by atoms with van der Waals surface area (Å²) in [7, 11) is -4.02. The van der Waals surface area contributed by atoms with E-state index in [1.165, 1.54) is 39.9 Å². The normalized spacial score (nSPS) is 10.8. The first kappa shape index (κ1) is 22.8. The Morgan fingerprint density at radius 2 is 1.13 bits per heavy atom. The van der Waals surface area contributed by atoms with Crippen molar-refractivity contribution in [2.45, 2.75) is 23.6 Å². The zero-order valence-corrected chi connectivity index (χ0v) is 19.1. The van der Waals surface area contributed by atoms with E-state index in [2.05, 4.69) is 80.2 Å². The van der Waals surface area contributed by atoms with Crippen LogP contribution in [0.4, 0.5) is 0 Å². The third-order valence-corrected chi connectivity index (χ3v) is 6.08. The molecule has 31 heavy (non-hydrogen) atoms. The van der Waals surface area contributed by atoms with Crippen molar-refractivity contribution in [2.75, 3.05) is 0 Å². The standard InChI is InChI=1S/C19H16S.C7H8O3S/c1-14-12-13-17(20)19(16-10-6-3-7-11-16)18(14)15-8-4-2-5-9-15;1-6-2-4-7(5-3-6)11(8,9)10/h2-13,20H,1H3;2-5H,1H3,(H,8,9,10). The molecule has 0 spiro atoms. The highest BCUT2D eigenvalue weighted by Crippen LogP contribution is 2.38. The van der Waals surface area contributed by atoms with E-state index in [9.17, 15) is 8.42 Å².